The Kier molecular flexibility index (Phi) is 3.47. The van der Waals surface area contributed by atoms with Crippen LogP contribution in [0.2, 0.25) is 5.28 Å². The Hall–Kier alpha value is -1.48. The van der Waals surface area contributed by atoms with Gasteiger partial charge < -0.3 is 0 Å². The minimum atomic E-state index is 0.176. The maximum absolute atomic E-state index is 5.69. The summed E-state index contributed by atoms with van der Waals surface area (Å²) in [6, 6.07) is 8.28. The van der Waals surface area contributed by atoms with E-state index in [1.807, 2.05) is 12.1 Å². The fourth-order valence-electron chi connectivity index (χ4n) is 1.55. The molecule has 82 valence electrons. The Bertz CT molecular complexity index is 468. The van der Waals surface area contributed by atoms with Crippen LogP contribution in [0.3, 0.4) is 0 Å². The number of aromatic nitrogens is 3. The van der Waals surface area contributed by atoms with Gasteiger partial charge in [0.25, 0.3) is 0 Å². The van der Waals surface area contributed by atoms with Crippen LogP contribution in [0.25, 0.3) is 11.3 Å². The third kappa shape index (κ3) is 2.55. The van der Waals surface area contributed by atoms with E-state index in [1.165, 1.54) is 5.56 Å². The van der Waals surface area contributed by atoms with Gasteiger partial charge in [-0.05, 0) is 23.6 Å². The first-order valence-corrected chi connectivity index (χ1v) is 5.62. The highest BCUT2D eigenvalue weighted by molar-refractivity contribution is 6.28. The van der Waals surface area contributed by atoms with Crippen molar-refractivity contribution in [3.05, 3.63) is 41.3 Å². The highest BCUT2D eigenvalue weighted by Crippen LogP contribution is 2.17. The van der Waals surface area contributed by atoms with E-state index in [-0.39, 0.29) is 5.28 Å². The fraction of sp³-hybridized carbons (Fsp3) is 0.250. The van der Waals surface area contributed by atoms with Crippen molar-refractivity contribution in [2.24, 2.45) is 0 Å². The predicted molar refractivity (Wildman–Crippen MR) is 64.3 cm³/mol. The van der Waals surface area contributed by atoms with Gasteiger partial charge in [0.05, 0.1) is 11.9 Å². The molecule has 0 amide bonds. The molecule has 0 saturated carbocycles. The van der Waals surface area contributed by atoms with Crippen molar-refractivity contribution in [3.63, 3.8) is 0 Å². The van der Waals surface area contributed by atoms with Crippen molar-refractivity contribution in [2.45, 2.75) is 19.8 Å². The zero-order chi connectivity index (χ0) is 11.4. The minimum absolute atomic E-state index is 0.176. The van der Waals surface area contributed by atoms with E-state index < -0.39 is 0 Å². The summed E-state index contributed by atoms with van der Waals surface area (Å²) in [6.45, 7) is 2.17. The number of nitrogens with zero attached hydrogens (tertiary/aromatic N) is 3. The lowest BCUT2D eigenvalue weighted by Crippen LogP contribution is -1.90. The molecule has 1 aromatic carbocycles. The van der Waals surface area contributed by atoms with Crippen LogP contribution in [-0.2, 0) is 6.42 Å². The van der Waals surface area contributed by atoms with Gasteiger partial charge in [-0.1, -0.05) is 37.6 Å². The van der Waals surface area contributed by atoms with Crippen molar-refractivity contribution >= 4 is 11.6 Å². The van der Waals surface area contributed by atoms with Gasteiger partial charge in [0.15, 0.2) is 0 Å². The van der Waals surface area contributed by atoms with Crippen molar-refractivity contribution in [1.29, 1.82) is 0 Å². The molecule has 3 nitrogen and oxygen atoms in total. The number of rotatable bonds is 3. The predicted octanol–water partition coefficient (Wildman–Crippen LogP) is 3.14. The Morgan fingerprint density at radius 2 is 1.94 bits per heavy atom. The lowest BCUT2D eigenvalue weighted by molar-refractivity contribution is 0.922. The van der Waals surface area contributed by atoms with Crippen molar-refractivity contribution < 1.29 is 0 Å². The number of benzene rings is 1. The highest BCUT2D eigenvalue weighted by atomic mass is 35.5. The van der Waals surface area contributed by atoms with Crippen LogP contribution < -0.4 is 0 Å². The Balaban J connectivity index is 2.27. The van der Waals surface area contributed by atoms with Crippen LogP contribution in [-0.4, -0.2) is 15.2 Å². The van der Waals surface area contributed by atoms with Crippen LogP contribution in [0.1, 0.15) is 18.9 Å². The maximum Gasteiger partial charge on any atom is 0.243 e. The summed E-state index contributed by atoms with van der Waals surface area (Å²) >= 11 is 5.69. The second-order valence-corrected chi connectivity index (χ2v) is 3.90. The summed E-state index contributed by atoms with van der Waals surface area (Å²) in [5, 5.41) is 7.57. The number of aryl methyl sites for hydroxylation is 1. The molecule has 1 heterocycles. The maximum atomic E-state index is 5.69. The molecule has 0 unspecified atom stereocenters. The monoisotopic (exact) mass is 233 g/mol. The first kappa shape index (κ1) is 11.0. The summed E-state index contributed by atoms with van der Waals surface area (Å²) < 4.78 is 0. The zero-order valence-electron chi connectivity index (χ0n) is 9.02. The molecule has 16 heavy (non-hydrogen) atoms. The van der Waals surface area contributed by atoms with E-state index in [2.05, 4.69) is 34.2 Å². The molecular formula is C12H12ClN3. The van der Waals surface area contributed by atoms with Gasteiger partial charge in [-0.2, -0.15) is 5.10 Å². The van der Waals surface area contributed by atoms with Crippen LogP contribution in [0.5, 0.6) is 0 Å². The van der Waals surface area contributed by atoms with E-state index in [0.29, 0.717) is 0 Å². The first-order chi connectivity index (χ1) is 7.79. The summed E-state index contributed by atoms with van der Waals surface area (Å²) in [4.78, 5) is 4.11. The lowest BCUT2D eigenvalue weighted by Gasteiger charge is -2.02. The molecule has 0 atom stereocenters. The van der Waals surface area contributed by atoms with Crippen LogP contribution in [0, 0.1) is 0 Å². The van der Waals surface area contributed by atoms with Crippen molar-refractivity contribution in [3.8, 4) is 11.3 Å². The Labute approximate surface area is 99.5 Å². The SMILES string of the molecule is CCCc1ccc(-c2cnnc(Cl)n2)cc1. The molecule has 0 N–H and O–H groups in total. The topological polar surface area (TPSA) is 38.7 Å². The molecule has 1 aromatic heterocycles. The molecule has 0 bridgehead atoms. The second-order valence-electron chi connectivity index (χ2n) is 3.56. The third-order valence-electron chi connectivity index (χ3n) is 2.32. The molecule has 0 saturated heterocycles. The van der Waals surface area contributed by atoms with E-state index in [9.17, 15) is 0 Å². The van der Waals surface area contributed by atoms with Crippen molar-refractivity contribution in [2.75, 3.05) is 0 Å². The third-order valence-corrected chi connectivity index (χ3v) is 2.48. The highest BCUT2D eigenvalue weighted by Gasteiger charge is 2.01. The summed E-state index contributed by atoms with van der Waals surface area (Å²) in [5.74, 6) is 0. The average Bonchev–Trinajstić information content (AvgIpc) is 2.30. The van der Waals surface area contributed by atoms with E-state index in [1.54, 1.807) is 6.20 Å². The number of hydrogen-bond acceptors (Lipinski definition) is 3. The van der Waals surface area contributed by atoms with Gasteiger partial charge in [0.2, 0.25) is 5.28 Å². The van der Waals surface area contributed by atoms with Gasteiger partial charge >= 0.3 is 0 Å². The number of halogens is 1. The van der Waals surface area contributed by atoms with E-state index in [4.69, 9.17) is 11.6 Å². The molecule has 0 radical (unpaired) electrons. The average molecular weight is 234 g/mol. The molecule has 0 aliphatic rings. The molecule has 0 spiro atoms. The van der Waals surface area contributed by atoms with Gasteiger partial charge in [0.1, 0.15) is 0 Å². The van der Waals surface area contributed by atoms with Crippen LogP contribution in [0.4, 0.5) is 0 Å². The van der Waals surface area contributed by atoms with Gasteiger partial charge in [-0.15, -0.1) is 5.10 Å². The quantitative estimate of drug-likeness (QED) is 0.818. The Morgan fingerprint density at radius 3 is 2.56 bits per heavy atom. The van der Waals surface area contributed by atoms with E-state index >= 15 is 0 Å². The molecule has 2 aromatic rings. The summed E-state index contributed by atoms with van der Waals surface area (Å²) in [5.41, 5.74) is 3.10. The normalized spacial score (nSPS) is 10.4. The van der Waals surface area contributed by atoms with Crippen LogP contribution in [0.15, 0.2) is 30.5 Å². The largest absolute Gasteiger partial charge is 0.243 e. The number of hydrogen-bond donors (Lipinski definition) is 0. The minimum Gasteiger partial charge on any atom is -0.215 e. The van der Waals surface area contributed by atoms with E-state index in [0.717, 1.165) is 24.1 Å². The lowest BCUT2D eigenvalue weighted by atomic mass is 10.1. The standard InChI is InChI=1S/C12H12ClN3/c1-2-3-9-4-6-10(7-5-9)11-8-14-16-12(13)15-11/h4-8H,2-3H2,1H3. The van der Waals surface area contributed by atoms with Gasteiger partial charge in [0, 0.05) is 5.56 Å². The smallest absolute Gasteiger partial charge is 0.215 e. The Morgan fingerprint density at radius 1 is 1.19 bits per heavy atom. The molecule has 4 heteroatoms. The molecular weight excluding hydrogens is 222 g/mol. The molecule has 0 aliphatic heterocycles. The van der Waals surface area contributed by atoms with Gasteiger partial charge in [-0.25, -0.2) is 4.98 Å². The molecule has 0 fully saturated rings. The fourth-order valence-corrected chi connectivity index (χ4v) is 1.69. The first-order valence-electron chi connectivity index (χ1n) is 5.24. The molecule has 2 rings (SSSR count). The van der Waals surface area contributed by atoms with Crippen LogP contribution >= 0.6 is 11.6 Å². The summed E-state index contributed by atoms with van der Waals surface area (Å²) in [7, 11) is 0. The molecule has 0 aliphatic carbocycles. The van der Waals surface area contributed by atoms with Crippen molar-refractivity contribution in [1.82, 2.24) is 15.2 Å². The zero-order valence-corrected chi connectivity index (χ0v) is 9.78. The second kappa shape index (κ2) is 5.03. The van der Waals surface area contributed by atoms with Gasteiger partial charge in [-0.3, -0.25) is 0 Å². The summed E-state index contributed by atoms with van der Waals surface area (Å²) in [6.07, 6.45) is 3.87.